The van der Waals surface area contributed by atoms with Gasteiger partial charge in [-0.05, 0) is 86.9 Å². The number of benzene rings is 2. The Hall–Kier alpha value is -1.85. The van der Waals surface area contributed by atoms with Crippen LogP contribution in [0.25, 0.3) is 0 Å². The molecule has 1 aliphatic rings. The number of halogens is 2. The van der Waals surface area contributed by atoms with Gasteiger partial charge in [0.05, 0.1) is 4.99 Å². The van der Waals surface area contributed by atoms with Gasteiger partial charge in [-0.25, -0.2) is 8.78 Å². The fourth-order valence-electron chi connectivity index (χ4n) is 3.60. The average molecular weight is 419 g/mol. The number of fused-ring (bicyclic) bond motifs is 1. The molecule has 3 rings (SSSR count). The zero-order valence-electron chi connectivity index (χ0n) is 17.7. The molecular formula is C24H32F2N2S. The van der Waals surface area contributed by atoms with Crippen LogP contribution in [0.1, 0.15) is 61.4 Å². The molecule has 0 heterocycles. The fraction of sp³-hybridized carbons (Fsp3) is 0.458. The van der Waals surface area contributed by atoms with Gasteiger partial charge in [-0.2, -0.15) is 0 Å². The smallest absolute Gasteiger partial charge is 0.126 e. The Morgan fingerprint density at radius 3 is 2.45 bits per heavy atom. The predicted octanol–water partition coefficient (Wildman–Crippen LogP) is 5.82. The fourth-order valence-corrected chi connectivity index (χ4v) is 3.70. The predicted molar refractivity (Wildman–Crippen MR) is 121 cm³/mol. The van der Waals surface area contributed by atoms with Crippen LogP contribution >= 0.6 is 12.2 Å². The first-order valence-corrected chi connectivity index (χ1v) is 10.8. The lowest BCUT2D eigenvalue weighted by Gasteiger charge is -2.27. The van der Waals surface area contributed by atoms with Crippen LogP contribution in [0, 0.1) is 18.6 Å². The van der Waals surface area contributed by atoms with Crippen LogP contribution in [-0.2, 0) is 12.8 Å². The molecule has 1 unspecified atom stereocenters. The average Bonchev–Trinajstić information content (AvgIpc) is 2.66. The van der Waals surface area contributed by atoms with Gasteiger partial charge in [0.2, 0.25) is 0 Å². The van der Waals surface area contributed by atoms with E-state index in [0.29, 0.717) is 11.6 Å². The third-order valence-electron chi connectivity index (χ3n) is 5.06. The van der Waals surface area contributed by atoms with E-state index in [1.54, 1.807) is 12.5 Å². The first kappa shape index (κ1) is 23.4. The van der Waals surface area contributed by atoms with Crippen molar-refractivity contribution >= 4 is 17.2 Å². The lowest BCUT2D eigenvalue weighted by molar-refractivity contribution is 0.455. The minimum absolute atomic E-state index is 0.521. The van der Waals surface area contributed by atoms with Crippen LogP contribution < -0.4 is 10.6 Å². The standard InChI is InChI=1S/C17H26N2S.C7H6F2/c1-3-14-8-9-15-6-4-7-17(16(15)12-14)19-11-5-10-18-13(2)20;1-5-2-6(8)4-7(9)3-5/h8-9,12,17,19H,3-7,10-11H2,1-2H3,(H,18,20);2-4H,1H3. The third-order valence-corrected chi connectivity index (χ3v) is 5.20. The summed E-state index contributed by atoms with van der Waals surface area (Å²) in [5.41, 5.74) is 5.14. The van der Waals surface area contributed by atoms with Crippen molar-refractivity contribution in [2.24, 2.45) is 0 Å². The van der Waals surface area contributed by atoms with E-state index in [4.69, 9.17) is 12.2 Å². The number of hydrogen-bond donors (Lipinski definition) is 2. The van der Waals surface area contributed by atoms with E-state index in [9.17, 15) is 8.78 Å². The number of aryl methyl sites for hydroxylation is 3. The summed E-state index contributed by atoms with van der Waals surface area (Å²) in [6.07, 6.45) is 6.04. The topological polar surface area (TPSA) is 24.1 Å². The van der Waals surface area contributed by atoms with Crippen molar-refractivity contribution in [1.29, 1.82) is 0 Å². The van der Waals surface area contributed by atoms with Crippen LogP contribution in [0.15, 0.2) is 36.4 Å². The molecule has 5 heteroatoms. The highest BCUT2D eigenvalue weighted by Gasteiger charge is 2.19. The molecule has 0 saturated heterocycles. The van der Waals surface area contributed by atoms with Gasteiger partial charge in [0, 0.05) is 18.7 Å². The summed E-state index contributed by atoms with van der Waals surface area (Å²) in [6.45, 7) is 7.83. The van der Waals surface area contributed by atoms with Crippen molar-refractivity contribution in [2.75, 3.05) is 13.1 Å². The number of thiocarbonyl (C=S) groups is 1. The second-order valence-corrected chi connectivity index (χ2v) is 8.18. The third kappa shape index (κ3) is 8.19. The summed E-state index contributed by atoms with van der Waals surface area (Å²) in [5.74, 6) is -1.04. The van der Waals surface area contributed by atoms with E-state index in [-0.39, 0.29) is 0 Å². The summed E-state index contributed by atoms with van der Waals surface area (Å²) in [6, 6.07) is 11.0. The van der Waals surface area contributed by atoms with Crippen LogP contribution in [0.2, 0.25) is 0 Å². The molecule has 0 amide bonds. The lowest BCUT2D eigenvalue weighted by atomic mass is 9.86. The first-order chi connectivity index (χ1) is 13.9. The molecule has 158 valence electrons. The van der Waals surface area contributed by atoms with E-state index >= 15 is 0 Å². The van der Waals surface area contributed by atoms with E-state index in [1.807, 2.05) is 6.92 Å². The Morgan fingerprint density at radius 2 is 1.83 bits per heavy atom. The number of nitrogens with one attached hydrogen (secondary N) is 2. The molecule has 1 aliphatic carbocycles. The minimum Gasteiger partial charge on any atom is -0.380 e. The van der Waals surface area contributed by atoms with E-state index < -0.39 is 11.6 Å². The summed E-state index contributed by atoms with van der Waals surface area (Å²) < 4.78 is 24.4. The maximum Gasteiger partial charge on any atom is 0.126 e. The summed E-state index contributed by atoms with van der Waals surface area (Å²) in [5, 5.41) is 6.93. The van der Waals surface area contributed by atoms with Crippen LogP contribution in [0.3, 0.4) is 0 Å². The van der Waals surface area contributed by atoms with Crippen molar-refractivity contribution in [2.45, 2.75) is 58.9 Å². The SMILES string of the molecule is CCc1ccc2c(c1)C(NCCCNC(C)=S)CCC2.Cc1cc(F)cc(F)c1. The molecule has 0 fully saturated rings. The minimum atomic E-state index is -0.521. The summed E-state index contributed by atoms with van der Waals surface area (Å²) in [7, 11) is 0. The van der Waals surface area contributed by atoms with E-state index in [2.05, 4.69) is 35.8 Å². The monoisotopic (exact) mass is 418 g/mol. The molecule has 0 bridgehead atoms. The molecular weight excluding hydrogens is 386 g/mol. The molecule has 0 saturated carbocycles. The van der Waals surface area contributed by atoms with Gasteiger partial charge < -0.3 is 10.6 Å². The van der Waals surface area contributed by atoms with Gasteiger partial charge in [-0.1, -0.05) is 37.3 Å². The molecule has 1 atom stereocenters. The van der Waals surface area contributed by atoms with Gasteiger partial charge in [0.15, 0.2) is 0 Å². The highest BCUT2D eigenvalue weighted by atomic mass is 32.1. The van der Waals surface area contributed by atoms with Crippen LogP contribution in [0.5, 0.6) is 0 Å². The zero-order chi connectivity index (χ0) is 21.2. The highest BCUT2D eigenvalue weighted by Crippen LogP contribution is 2.30. The van der Waals surface area contributed by atoms with Gasteiger partial charge in [0.1, 0.15) is 11.6 Å². The van der Waals surface area contributed by atoms with Gasteiger partial charge in [-0.15, -0.1) is 0 Å². The van der Waals surface area contributed by atoms with Gasteiger partial charge in [0.25, 0.3) is 0 Å². The van der Waals surface area contributed by atoms with Crippen LogP contribution in [0.4, 0.5) is 8.78 Å². The number of rotatable bonds is 6. The Bertz CT molecular complexity index is 757. The first-order valence-electron chi connectivity index (χ1n) is 10.4. The highest BCUT2D eigenvalue weighted by molar-refractivity contribution is 7.80. The quantitative estimate of drug-likeness (QED) is 0.457. The lowest BCUT2D eigenvalue weighted by Crippen LogP contribution is -2.29. The molecule has 29 heavy (non-hydrogen) atoms. The Kier molecular flexibility index (Phi) is 9.68. The molecule has 0 radical (unpaired) electrons. The summed E-state index contributed by atoms with van der Waals surface area (Å²) in [4.78, 5) is 0.889. The van der Waals surface area contributed by atoms with Gasteiger partial charge >= 0.3 is 0 Å². The van der Waals surface area contributed by atoms with Gasteiger partial charge in [-0.3, -0.25) is 0 Å². The number of hydrogen-bond acceptors (Lipinski definition) is 2. The molecule has 0 aliphatic heterocycles. The van der Waals surface area contributed by atoms with E-state index in [0.717, 1.165) is 37.0 Å². The summed E-state index contributed by atoms with van der Waals surface area (Å²) >= 11 is 5.02. The molecule has 2 nitrogen and oxygen atoms in total. The van der Waals surface area contributed by atoms with Crippen molar-refractivity contribution in [3.05, 3.63) is 70.3 Å². The largest absolute Gasteiger partial charge is 0.380 e. The normalized spacial score (nSPS) is 15.1. The van der Waals surface area contributed by atoms with Crippen molar-refractivity contribution in [3.8, 4) is 0 Å². The Balaban J connectivity index is 0.000000278. The second kappa shape index (κ2) is 12.0. The molecule has 2 N–H and O–H groups in total. The second-order valence-electron chi connectivity index (χ2n) is 7.57. The van der Waals surface area contributed by atoms with Crippen molar-refractivity contribution < 1.29 is 8.78 Å². The van der Waals surface area contributed by atoms with Crippen molar-refractivity contribution in [3.63, 3.8) is 0 Å². The maximum absolute atomic E-state index is 12.2. The molecule has 2 aromatic rings. The molecule has 0 aromatic heterocycles. The maximum atomic E-state index is 12.2. The Labute approximate surface area is 179 Å². The molecule has 2 aromatic carbocycles. The van der Waals surface area contributed by atoms with Crippen molar-refractivity contribution in [1.82, 2.24) is 10.6 Å². The zero-order valence-corrected chi connectivity index (χ0v) is 18.5. The van der Waals surface area contributed by atoms with Crippen LogP contribution in [-0.4, -0.2) is 18.1 Å². The van der Waals surface area contributed by atoms with E-state index in [1.165, 1.54) is 42.5 Å². The molecule has 0 spiro atoms. The Morgan fingerprint density at radius 1 is 1.10 bits per heavy atom.